The van der Waals surface area contributed by atoms with Crippen molar-refractivity contribution in [2.24, 2.45) is 0 Å². The first-order valence-electron chi connectivity index (χ1n) is 6.24. The van der Waals surface area contributed by atoms with Crippen LogP contribution in [0.25, 0.3) is 10.8 Å². The number of fused-ring (bicyclic) bond motifs is 1. The van der Waals surface area contributed by atoms with E-state index in [9.17, 15) is 22.8 Å². The molecule has 1 heterocycles. The van der Waals surface area contributed by atoms with Crippen LogP contribution in [0.5, 0.6) is 0 Å². The number of nitrogens with zero attached hydrogens (tertiary/aromatic N) is 1. The van der Waals surface area contributed by atoms with Gasteiger partial charge in [-0.1, -0.05) is 24.1 Å². The molecule has 4 nitrogen and oxygen atoms in total. The third kappa shape index (κ3) is 3.28. The number of terminal acetylenes is 1. The summed E-state index contributed by atoms with van der Waals surface area (Å²) in [5.41, 5.74) is -0.723. The average molecular weight is 308 g/mol. The molecule has 0 aliphatic rings. The van der Waals surface area contributed by atoms with Crippen LogP contribution in [-0.4, -0.2) is 23.2 Å². The normalized spacial score (nSPS) is 11.2. The summed E-state index contributed by atoms with van der Waals surface area (Å²) in [7, 11) is 0. The van der Waals surface area contributed by atoms with E-state index in [1.165, 1.54) is 6.07 Å². The van der Waals surface area contributed by atoms with E-state index >= 15 is 0 Å². The summed E-state index contributed by atoms with van der Waals surface area (Å²) < 4.78 is 37.6. The second-order valence-electron chi connectivity index (χ2n) is 4.51. The molecule has 0 atom stereocenters. The second-order valence-corrected chi connectivity index (χ2v) is 4.51. The lowest BCUT2D eigenvalue weighted by atomic mass is 10.1. The van der Waals surface area contributed by atoms with Crippen molar-refractivity contribution in [1.82, 2.24) is 9.88 Å². The highest BCUT2D eigenvalue weighted by Gasteiger charge is 2.28. The maximum Gasteiger partial charge on any atom is 0.405 e. The molecule has 0 aliphatic heterocycles. The number of carbonyl (C=O) groups is 1. The maximum absolute atomic E-state index is 12.3. The largest absolute Gasteiger partial charge is 0.405 e. The molecule has 0 spiro atoms. The lowest BCUT2D eigenvalue weighted by Crippen LogP contribution is -2.37. The molecule has 0 aliphatic carbocycles. The van der Waals surface area contributed by atoms with Crippen LogP contribution in [0.1, 0.15) is 10.5 Å². The van der Waals surface area contributed by atoms with E-state index < -0.39 is 24.2 Å². The van der Waals surface area contributed by atoms with Crippen LogP contribution in [0.15, 0.2) is 35.1 Å². The van der Waals surface area contributed by atoms with Crippen molar-refractivity contribution in [1.29, 1.82) is 0 Å². The Hall–Kier alpha value is -2.75. The molecule has 1 aromatic heterocycles. The van der Waals surface area contributed by atoms with E-state index in [0.717, 1.165) is 4.57 Å². The first-order valence-corrected chi connectivity index (χ1v) is 6.24. The van der Waals surface area contributed by atoms with Crippen molar-refractivity contribution in [3.63, 3.8) is 0 Å². The van der Waals surface area contributed by atoms with Crippen molar-refractivity contribution >= 4 is 16.7 Å². The van der Waals surface area contributed by atoms with Gasteiger partial charge in [-0.25, -0.2) is 0 Å². The Bertz CT molecular complexity index is 816. The van der Waals surface area contributed by atoms with Crippen LogP contribution in [0.4, 0.5) is 13.2 Å². The molecular weight excluding hydrogens is 297 g/mol. The maximum atomic E-state index is 12.3. The molecular formula is C15H11F3N2O2. The third-order valence-electron chi connectivity index (χ3n) is 2.95. The Labute approximate surface area is 123 Å². The molecule has 2 aromatic rings. The zero-order valence-electron chi connectivity index (χ0n) is 11.3. The Morgan fingerprint density at radius 3 is 2.64 bits per heavy atom. The van der Waals surface area contributed by atoms with Gasteiger partial charge < -0.3 is 5.32 Å². The van der Waals surface area contributed by atoms with Crippen LogP contribution < -0.4 is 10.9 Å². The van der Waals surface area contributed by atoms with Gasteiger partial charge >= 0.3 is 6.18 Å². The van der Waals surface area contributed by atoms with Crippen LogP contribution in [-0.2, 0) is 6.54 Å². The number of halogens is 3. The zero-order valence-corrected chi connectivity index (χ0v) is 11.3. The summed E-state index contributed by atoms with van der Waals surface area (Å²) in [6.45, 7) is -1.69. The summed E-state index contributed by atoms with van der Waals surface area (Å²) in [6, 6.07) is 7.80. The lowest BCUT2D eigenvalue weighted by Gasteiger charge is -2.13. The Kier molecular flexibility index (Phi) is 4.22. The van der Waals surface area contributed by atoms with Gasteiger partial charge in [0.05, 0.1) is 6.54 Å². The molecule has 0 fully saturated rings. The van der Waals surface area contributed by atoms with Gasteiger partial charge in [-0.05, 0) is 17.5 Å². The van der Waals surface area contributed by atoms with E-state index in [0.29, 0.717) is 10.8 Å². The van der Waals surface area contributed by atoms with E-state index in [4.69, 9.17) is 6.42 Å². The van der Waals surface area contributed by atoms with Gasteiger partial charge in [-0.2, -0.15) is 13.2 Å². The highest BCUT2D eigenvalue weighted by Crippen LogP contribution is 2.14. The van der Waals surface area contributed by atoms with E-state index in [2.05, 4.69) is 5.92 Å². The first kappa shape index (κ1) is 15.6. The summed E-state index contributed by atoms with van der Waals surface area (Å²) in [4.78, 5) is 24.3. The Morgan fingerprint density at radius 1 is 1.32 bits per heavy atom. The van der Waals surface area contributed by atoms with Crippen molar-refractivity contribution in [3.05, 3.63) is 46.4 Å². The van der Waals surface area contributed by atoms with Gasteiger partial charge in [0, 0.05) is 5.39 Å². The number of benzene rings is 1. The second kappa shape index (κ2) is 5.93. The molecule has 0 radical (unpaired) electrons. The Morgan fingerprint density at radius 2 is 2.00 bits per heavy atom. The molecule has 0 bridgehead atoms. The number of hydrogen-bond acceptors (Lipinski definition) is 2. The fraction of sp³-hybridized carbons (Fsp3) is 0.200. The number of pyridine rings is 1. The number of nitrogens with one attached hydrogen (secondary N) is 1. The number of aromatic nitrogens is 1. The van der Waals surface area contributed by atoms with Crippen LogP contribution in [0.2, 0.25) is 0 Å². The number of amides is 1. The smallest absolute Gasteiger partial charge is 0.342 e. The summed E-state index contributed by atoms with van der Waals surface area (Å²) in [5, 5.41) is 2.53. The van der Waals surface area contributed by atoms with Gasteiger partial charge in [0.25, 0.3) is 11.5 Å². The fourth-order valence-corrected chi connectivity index (χ4v) is 2.01. The number of alkyl halides is 3. The molecule has 22 heavy (non-hydrogen) atoms. The number of rotatable bonds is 3. The van der Waals surface area contributed by atoms with Crippen molar-refractivity contribution in [3.8, 4) is 12.3 Å². The highest BCUT2D eigenvalue weighted by atomic mass is 19.4. The minimum absolute atomic E-state index is 0.203. The summed E-state index contributed by atoms with van der Waals surface area (Å²) in [5.74, 6) is 1.21. The van der Waals surface area contributed by atoms with Gasteiger partial charge in [0.2, 0.25) is 0 Å². The third-order valence-corrected chi connectivity index (χ3v) is 2.95. The molecule has 7 heteroatoms. The van der Waals surface area contributed by atoms with Gasteiger partial charge in [0.1, 0.15) is 12.2 Å². The van der Waals surface area contributed by atoms with Crippen LogP contribution in [0.3, 0.4) is 0 Å². The zero-order chi connectivity index (χ0) is 16.3. The van der Waals surface area contributed by atoms with Crippen molar-refractivity contribution < 1.29 is 18.0 Å². The SMILES string of the molecule is C#CCn1c(C(=O)NCC(F)(F)F)cc2ccccc2c1=O. The Balaban J connectivity index is 2.52. The molecule has 2 rings (SSSR count). The summed E-state index contributed by atoms with van der Waals surface area (Å²) in [6.07, 6.45) is 0.626. The highest BCUT2D eigenvalue weighted by molar-refractivity contribution is 5.96. The van der Waals surface area contributed by atoms with Gasteiger partial charge in [-0.15, -0.1) is 6.42 Å². The minimum atomic E-state index is -4.54. The monoisotopic (exact) mass is 308 g/mol. The molecule has 0 unspecified atom stereocenters. The van der Waals surface area contributed by atoms with Gasteiger partial charge in [-0.3, -0.25) is 14.2 Å². The summed E-state index contributed by atoms with van der Waals surface area (Å²) >= 11 is 0. The van der Waals surface area contributed by atoms with E-state index in [-0.39, 0.29) is 12.2 Å². The molecule has 114 valence electrons. The average Bonchev–Trinajstić information content (AvgIpc) is 2.47. The number of hydrogen-bond donors (Lipinski definition) is 1. The predicted octanol–water partition coefficient (Wildman–Crippen LogP) is 1.93. The van der Waals surface area contributed by atoms with Gasteiger partial charge in [0.15, 0.2) is 0 Å². The fourth-order valence-electron chi connectivity index (χ4n) is 2.01. The lowest BCUT2D eigenvalue weighted by molar-refractivity contribution is -0.123. The van der Waals surface area contributed by atoms with Crippen molar-refractivity contribution in [2.45, 2.75) is 12.7 Å². The van der Waals surface area contributed by atoms with Crippen molar-refractivity contribution in [2.75, 3.05) is 6.54 Å². The number of carbonyl (C=O) groups excluding carboxylic acids is 1. The molecule has 1 amide bonds. The quantitative estimate of drug-likeness (QED) is 0.881. The van der Waals surface area contributed by atoms with Crippen LogP contribution in [0, 0.1) is 12.3 Å². The minimum Gasteiger partial charge on any atom is -0.342 e. The molecule has 1 aromatic carbocycles. The molecule has 0 saturated heterocycles. The van der Waals surface area contributed by atoms with E-state index in [1.807, 2.05) is 0 Å². The first-order chi connectivity index (χ1) is 10.3. The standard InChI is InChI=1S/C15H11F3N2O2/c1-2-7-20-12(13(21)19-9-15(16,17)18)8-10-5-3-4-6-11(10)14(20)22/h1,3-6,8H,7,9H2,(H,19,21). The molecule has 0 saturated carbocycles. The molecule has 1 N–H and O–H groups in total. The van der Waals surface area contributed by atoms with Crippen LogP contribution >= 0.6 is 0 Å². The predicted molar refractivity (Wildman–Crippen MR) is 75.4 cm³/mol. The topological polar surface area (TPSA) is 51.1 Å². The van der Waals surface area contributed by atoms with E-state index in [1.54, 1.807) is 29.6 Å².